The Hall–Kier alpha value is -3.65. The number of hydrogen-bond acceptors (Lipinski definition) is 7. The van der Waals surface area contributed by atoms with E-state index in [0.29, 0.717) is 69.5 Å². The molecule has 2 aliphatic rings. The van der Waals surface area contributed by atoms with Crippen molar-refractivity contribution in [3.05, 3.63) is 97.2 Å². The van der Waals surface area contributed by atoms with Gasteiger partial charge in [-0.15, -0.1) is 0 Å². The molecule has 14 heteroatoms. The van der Waals surface area contributed by atoms with Gasteiger partial charge in [-0.3, -0.25) is 14.3 Å². The number of nitrogens with zero attached hydrogens (tertiary/aromatic N) is 4. The van der Waals surface area contributed by atoms with Gasteiger partial charge in [-0.05, 0) is 100 Å². The van der Waals surface area contributed by atoms with Crippen LogP contribution < -0.4 is 10.8 Å². The molecule has 3 heterocycles. The smallest absolute Gasteiger partial charge is 0.270 e. The molecule has 2 aromatic heterocycles. The summed E-state index contributed by atoms with van der Waals surface area (Å²) in [6, 6.07) is 8.63. The highest BCUT2D eigenvalue weighted by molar-refractivity contribution is 6.77. The van der Waals surface area contributed by atoms with Gasteiger partial charge in [0.1, 0.15) is 17.5 Å². The highest BCUT2D eigenvalue weighted by atomic mass is 35.5. The zero-order valence-electron chi connectivity index (χ0n) is 31.6. The first-order valence-corrected chi connectivity index (χ1v) is 19.0. The molecule has 1 radical (unpaired) electrons. The molecule has 1 saturated carbocycles. The van der Waals surface area contributed by atoms with Gasteiger partial charge in [-0.25, -0.2) is 27.5 Å². The second kappa shape index (κ2) is 16.2. The zero-order chi connectivity index (χ0) is 39.1. The largest absolute Gasteiger partial charge is 0.373 e. The van der Waals surface area contributed by atoms with Crippen molar-refractivity contribution in [2.24, 2.45) is 5.92 Å². The number of rotatable bonds is 11. The molecule has 1 aliphatic carbocycles. The van der Waals surface area contributed by atoms with Crippen LogP contribution in [-0.2, 0) is 17.7 Å². The number of morpholine rings is 1. The fourth-order valence-electron chi connectivity index (χ4n) is 8.16. The van der Waals surface area contributed by atoms with E-state index in [9.17, 15) is 17.6 Å². The van der Waals surface area contributed by atoms with Crippen molar-refractivity contribution in [3.8, 4) is 5.69 Å². The van der Waals surface area contributed by atoms with Crippen LogP contribution in [0.5, 0.6) is 0 Å². The SMILES string of the molecule is CN[B]C(=N)c1c(Cl)ccc(-n2c(C(Cc3cc(F)cc(F)c3)C(C)C)nc3nc(C4CCC(F)(F)CC4)cc(CN4CC(C)OC(C)C4)c3c2=O)c1C. The van der Waals surface area contributed by atoms with Crippen LogP contribution in [0.1, 0.15) is 99.0 Å². The number of ether oxygens (including phenoxy) is 1. The molecule has 0 spiro atoms. The van der Waals surface area contributed by atoms with Gasteiger partial charge >= 0.3 is 0 Å². The maximum atomic E-state index is 15.4. The molecule has 1 aliphatic heterocycles. The average molecular weight is 766 g/mol. The zero-order valence-corrected chi connectivity index (χ0v) is 32.3. The highest BCUT2D eigenvalue weighted by Gasteiger charge is 2.37. The minimum absolute atomic E-state index is 0.0392. The molecule has 4 aromatic rings. The van der Waals surface area contributed by atoms with Crippen molar-refractivity contribution in [1.29, 1.82) is 5.41 Å². The Balaban J connectivity index is 1.64. The van der Waals surface area contributed by atoms with Crippen molar-refractivity contribution in [2.75, 3.05) is 20.1 Å². The molecule has 287 valence electrons. The first-order valence-electron chi connectivity index (χ1n) is 18.6. The van der Waals surface area contributed by atoms with Crippen LogP contribution >= 0.6 is 11.6 Å². The van der Waals surface area contributed by atoms with E-state index in [-0.39, 0.29) is 67.4 Å². The van der Waals surface area contributed by atoms with Crippen molar-refractivity contribution in [1.82, 2.24) is 24.7 Å². The average Bonchev–Trinajstić information content (AvgIpc) is 3.06. The lowest BCUT2D eigenvalue weighted by Gasteiger charge is -2.35. The van der Waals surface area contributed by atoms with Crippen LogP contribution in [0.15, 0.2) is 41.2 Å². The van der Waals surface area contributed by atoms with Gasteiger partial charge in [0.05, 0.1) is 23.3 Å². The second-order valence-electron chi connectivity index (χ2n) is 15.3. The van der Waals surface area contributed by atoms with Gasteiger partial charge in [0, 0.05) is 72.3 Å². The van der Waals surface area contributed by atoms with Crippen LogP contribution in [0.3, 0.4) is 0 Å². The fourth-order valence-corrected chi connectivity index (χ4v) is 8.47. The Kier molecular flexibility index (Phi) is 12.0. The molecule has 2 N–H and O–H groups in total. The summed E-state index contributed by atoms with van der Waals surface area (Å²) in [6.07, 6.45) is 0.0868. The summed E-state index contributed by atoms with van der Waals surface area (Å²) >= 11 is 6.67. The van der Waals surface area contributed by atoms with E-state index in [4.69, 9.17) is 31.7 Å². The Morgan fingerprint density at radius 3 is 2.33 bits per heavy atom. The first kappa shape index (κ1) is 40.0. The van der Waals surface area contributed by atoms with Gasteiger partial charge in [-0.2, -0.15) is 0 Å². The summed E-state index contributed by atoms with van der Waals surface area (Å²) in [5, 5.41) is 12.2. The normalized spacial score (nSPS) is 20.1. The van der Waals surface area contributed by atoms with Crippen LogP contribution in [0.2, 0.25) is 5.02 Å². The van der Waals surface area contributed by atoms with Crippen LogP contribution in [-0.4, -0.2) is 70.7 Å². The van der Waals surface area contributed by atoms with Crippen molar-refractivity contribution < 1.29 is 22.3 Å². The Labute approximate surface area is 319 Å². The Morgan fingerprint density at radius 2 is 1.72 bits per heavy atom. The third kappa shape index (κ3) is 8.59. The summed E-state index contributed by atoms with van der Waals surface area (Å²) < 4.78 is 65.2. The summed E-state index contributed by atoms with van der Waals surface area (Å²) in [5.41, 5.74) is 3.05. The predicted molar refractivity (Wildman–Crippen MR) is 206 cm³/mol. The van der Waals surface area contributed by atoms with Crippen molar-refractivity contribution in [3.63, 3.8) is 0 Å². The van der Waals surface area contributed by atoms with Crippen LogP contribution in [0.4, 0.5) is 17.6 Å². The van der Waals surface area contributed by atoms with Gasteiger partial charge in [0.2, 0.25) is 5.92 Å². The number of pyridine rings is 1. The van der Waals surface area contributed by atoms with Crippen molar-refractivity contribution in [2.45, 2.75) is 103 Å². The molecule has 8 nitrogen and oxygen atoms in total. The van der Waals surface area contributed by atoms with E-state index < -0.39 is 29.0 Å². The molecular weight excluding hydrogens is 719 g/mol. The number of fused-ring (bicyclic) bond motifs is 1. The quantitative estimate of drug-likeness (QED) is 0.0912. The topological polar surface area (TPSA) is 96.1 Å². The lowest BCUT2D eigenvalue weighted by molar-refractivity contribution is -0.0704. The third-order valence-corrected chi connectivity index (χ3v) is 11.0. The van der Waals surface area contributed by atoms with Gasteiger partial charge in [0.25, 0.3) is 13.0 Å². The summed E-state index contributed by atoms with van der Waals surface area (Å²) in [6.45, 7) is 11.3. The number of benzene rings is 2. The minimum atomic E-state index is -2.73. The van der Waals surface area contributed by atoms with E-state index >= 15 is 4.79 Å². The van der Waals surface area contributed by atoms with E-state index in [2.05, 4.69) is 10.1 Å². The molecule has 3 unspecified atom stereocenters. The molecule has 6 rings (SSSR count). The third-order valence-electron chi connectivity index (χ3n) is 10.7. The molecule has 2 fully saturated rings. The van der Waals surface area contributed by atoms with E-state index in [1.54, 1.807) is 30.7 Å². The maximum absolute atomic E-state index is 15.4. The maximum Gasteiger partial charge on any atom is 0.270 e. The van der Waals surface area contributed by atoms with Gasteiger partial charge in [-0.1, -0.05) is 25.4 Å². The molecule has 1 saturated heterocycles. The summed E-state index contributed by atoms with van der Waals surface area (Å²) in [5.74, 6) is -4.78. The molecule has 54 heavy (non-hydrogen) atoms. The number of alkyl halides is 2. The molecule has 3 atom stereocenters. The van der Waals surface area contributed by atoms with E-state index in [1.165, 1.54) is 19.5 Å². The first-order chi connectivity index (χ1) is 25.5. The molecule has 0 bridgehead atoms. The van der Waals surface area contributed by atoms with Crippen molar-refractivity contribution >= 4 is 35.7 Å². The van der Waals surface area contributed by atoms with E-state index in [1.807, 2.05) is 33.8 Å². The number of halogens is 5. The fraction of sp³-hybridized carbons (Fsp3) is 0.500. The standard InChI is InChI=1S/C40H47BClF4N6O2/c1-21(2)30(15-25-13-28(43)17-29(44)14-25)38-50-37-35(39(53)52(38)33-8-7-31(42)34(24(33)5)36(47)41-48-6)27(20-51-18-22(3)54-23(4)19-51)16-32(49-37)26-9-11-40(45,46)12-10-26/h7-8,13-14,16-17,21-23,26,30,47-48H,9-12,15,18-20H2,1-6H3. The number of aromatic nitrogens is 3. The van der Waals surface area contributed by atoms with Crippen LogP contribution in [0.25, 0.3) is 16.7 Å². The monoisotopic (exact) mass is 765 g/mol. The van der Waals surface area contributed by atoms with E-state index in [0.717, 1.165) is 6.07 Å². The summed E-state index contributed by atoms with van der Waals surface area (Å²) in [4.78, 5) is 27.7. The predicted octanol–water partition coefficient (Wildman–Crippen LogP) is 8.07. The Morgan fingerprint density at radius 1 is 1.07 bits per heavy atom. The van der Waals surface area contributed by atoms with Gasteiger partial charge in [0.15, 0.2) is 5.65 Å². The van der Waals surface area contributed by atoms with Crippen LogP contribution in [0, 0.1) is 29.9 Å². The number of hydrogen-bond donors (Lipinski definition) is 2. The number of nitrogens with one attached hydrogen (secondary N) is 2. The summed E-state index contributed by atoms with van der Waals surface area (Å²) in [7, 11) is 3.18. The molecule has 0 amide bonds. The second-order valence-corrected chi connectivity index (χ2v) is 15.7. The highest BCUT2D eigenvalue weighted by Crippen LogP contribution is 2.41. The minimum Gasteiger partial charge on any atom is -0.373 e. The molecule has 2 aromatic carbocycles. The van der Waals surface area contributed by atoms with Gasteiger partial charge < -0.3 is 15.4 Å². The molecular formula is C40H47BClF4N6O2. The Bertz CT molecular complexity index is 2070. The lowest BCUT2D eigenvalue weighted by Crippen LogP contribution is -2.45. The lowest BCUT2D eigenvalue weighted by atomic mass is 9.80.